The number of benzene rings is 1. The maximum atomic E-state index is 6.50. The second kappa shape index (κ2) is 5.60. The van der Waals surface area contributed by atoms with Crippen LogP contribution >= 0.6 is 0 Å². The molecule has 2 heterocycles. The lowest BCUT2D eigenvalue weighted by Gasteiger charge is -2.40. The van der Waals surface area contributed by atoms with Gasteiger partial charge < -0.3 is 19.9 Å². The molecule has 20 heavy (non-hydrogen) atoms. The molecule has 1 fully saturated rings. The standard InChI is InChI=1S/C15H22N2O3/c1-15(16,17-4-6-18-7-5-17)11-12-2-3-13-14(10-12)20-9-8-19-13/h2-3,10H,4-9,11,16H2,1H3. The van der Waals surface area contributed by atoms with Crippen LogP contribution in [0.25, 0.3) is 0 Å². The topological polar surface area (TPSA) is 57.0 Å². The van der Waals surface area contributed by atoms with E-state index in [9.17, 15) is 0 Å². The maximum absolute atomic E-state index is 6.50. The van der Waals surface area contributed by atoms with Gasteiger partial charge in [-0.3, -0.25) is 4.90 Å². The normalized spacial score (nSPS) is 22.3. The lowest BCUT2D eigenvalue weighted by atomic mass is 9.99. The molecule has 1 saturated heterocycles. The van der Waals surface area contributed by atoms with Gasteiger partial charge in [0, 0.05) is 19.5 Å². The number of ether oxygens (including phenoxy) is 3. The largest absolute Gasteiger partial charge is 0.486 e. The molecule has 2 N–H and O–H groups in total. The molecule has 0 bridgehead atoms. The molecule has 0 aliphatic carbocycles. The highest BCUT2D eigenvalue weighted by atomic mass is 16.6. The van der Waals surface area contributed by atoms with Gasteiger partial charge in [0.15, 0.2) is 11.5 Å². The Morgan fingerprint density at radius 1 is 1.10 bits per heavy atom. The summed E-state index contributed by atoms with van der Waals surface area (Å²) in [5, 5.41) is 0. The van der Waals surface area contributed by atoms with Crippen molar-refractivity contribution in [1.82, 2.24) is 4.90 Å². The third-order valence-corrected chi connectivity index (χ3v) is 3.90. The van der Waals surface area contributed by atoms with Gasteiger partial charge in [0.25, 0.3) is 0 Å². The monoisotopic (exact) mass is 278 g/mol. The Kier molecular flexibility index (Phi) is 3.83. The minimum absolute atomic E-state index is 0.368. The van der Waals surface area contributed by atoms with Crippen LogP contribution in [0.2, 0.25) is 0 Å². The van der Waals surface area contributed by atoms with E-state index < -0.39 is 0 Å². The van der Waals surface area contributed by atoms with E-state index in [-0.39, 0.29) is 5.66 Å². The molecule has 0 radical (unpaired) electrons. The average molecular weight is 278 g/mol. The van der Waals surface area contributed by atoms with E-state index in [1.54, 1.807) is 0 Å². The molecule has 5 heteroatoms. The average Bonchev–Trinajstić information content (AvgIpc) is 2.48. The smallest absolute Gasteiger partial charge is 0.161 e. The summed E-state index contributed by atoms with van der Waals surface area (Å²) in [5.74, 6) is 1.65. The van der Waals surface area contributed by atoms with Crippen LogP contribution in [0.15, 0.2) is 18.2 Å². The minimum Gasteiger partial charge on any atom is -0.486 e. The van der Waals surface area contributed by atoms with Crippen LogP contribution in [0.3, 0.4) is 0 Å². The summed E-state index contributed by atoms with van der Waals surface area (Å²) < 4.78 is 16.6. The van der Waals surface area contributed by atoms with Gasteiger partial charge in [0.05, 0.1) is 18.9 Å². The van der Waals surface area contributed by atoms with Crippen LogP contribution in [0.5, 0.6) is 11.5 Å². The Hall–Kier alpha value is -1.30. The lowest BCUT2D eigenvalue weighted by Crippen LogP contribution is -2.58. The van der Waals surface area contributed by atoms with Crippen molar-refractivity contribution < 1.29 is 14.2 Å². The Labute approximate surface area is 119 Å². The molecule has 1 atom stereocenters. The summed E-state index contributed by atoms with van der Waals surface area (Å²) in [6, 6.07) is 6.08. The zero-order chi connectivity index (χ0) is 14.0. The molecule has 0 aromatic heterocycles. The van der Waals surface area contributed by atoms with Gasteiger partial charge in [0.2, 0.25) is 0 Å². The quantitative estimate of drug-likeness (QED) is 0.894. The Morgan fingerprint density at radius 3 is 2.55 bits per heavy atom. The van der Waals surface area contributed by atoms with Crippen LogP contribution in [0.4, 0.5) is 0 Å². The fourth-order valence-electron chi connectivity index (χ4n) is 2.80. The number of nitrogens with two attached hydrogens (primary N) is 1. The molecule has 5 nitrogen and oxygen atoms in total. The van der Waals surface area contributed by atoms with E-state index >= 15 is 0 Å². The summed E-state index contributed by atoms with van der Waals surface area (Å²) >= 11 is 0. The number of morpholine rings is 1. The maximum Gasteiger partial charge on any atom is 0.161 e. The first-order valence-corrected chi connectivity index (χ1v) is 7.15. The molecular weight excluding hydrogens is 256 g/mol. The van der Waals surface area contributed by atoms with Gasteiger partial charge in [-0.2, -0.15) is 0 Å². The van der Waals surface area contributed by atoms with Crippen LogP contribution < -0.4 is 15.2 Å². The van der Waals surface area contributed by atoms with Crippen molar-refractivity contribution in [3.05, 3.63) is 23.8 Å². The number of hydrogen-bond acceptors (Lipinski definition) is 5. The molecule has 1 aromatic rings. The molecule has 0 saturated carbocycles. The summed E-state index contributed by atoms with van der Waals surface area (Å²) in [4.78, 5) is 2.29. The first-order chi connectivity index (χ1) is 9.65. The third kappa shape index (κ3) is 2.90. The first-order valence-electron chi connectivity index (χ1n) is 7.15. The fourth-order valence-corrected chi connectivity index (χ4v) is 2.80. The molecule has 3 rings (SSSR count). The predicted octanol–water partition coefficient (Wildman–Crippen LogP) is 1.01. The molecule has 1 unspecified atom stereocenters. The Bertz CT molecular complexity index is 470. The van der Waals surface area contributed by atoms with Crippen molar-refractivity contribution in [2.75, 3.05) is 39.5 Å². The van der Waals surface area contributed by atoms with Crippen LogP contribution in [-0.2, 0) is 11.2 Å². The van der Waals surface area contributed by atoms with Crippen LogP contribution in [0, 0.1) is 0 Å². The van der Waals surface area contributed by atoms with Crippen LogP contribution in [-0.4, -0.2) is 50.1 Å². The second-order valence-corrected chi connectivity index (χ2v) is 5.61. The number of hydrogen-bond donors (Lipinski definition) is 1. The van der Waals surface area contributed by atoms with E-state index in [0.29, 0.717) is 13.2 Å². The van der Waals surface area contributed by atoms with Crippen LogP contribution in [0.1, 0.15) is 12.5 Å². The zero-order valence-corrected chi connectivity index (χ0v) is 11.9. The van der Waals surface area contributed by atoms with Gasteiger partial charge in [-0.1, -0.05) is 6.07 Å². The van der Waals surface area contributed by atoms with E-state index in [1.165, 1.54) is 5.56 Å². The van der Waals surface area contributed by atoms with Crippen molar-refractivity contribution in [1.29, 1.82) is 0 Å². The highest BCUT2D eigenvalue weighted by Crippen LogP contribution is 2.32. The molecular formula is C15H22N2O3. The van der Waals surface area contributed by atoms with E-state index in [0.717, 1.165) is 44.2 Å². The van der Waals surface area contributed by atoms with Gasteiger partial charge in [-0.05, 0) is 24.6 Å². The van der Waals surface area contributed by atoms with Gasteiger partial charge >= 0.3 is 0 Å². The number of fused-ring (bicyclic) bond motifs is 1. The summed E-state index contributed by atoms with van der Waals surface area (Å²) in [6.07, 6.45) is 0.781. The Morgan fingerprint density at radius 2 is 1.80 bits per heavy atom. The highest BCUT2D eigenvalue weighted by molar-refractivity contribution is 5.44. The summed E-state index contributed by atoms with van der Waals surface area (Å²) in [6.45, 7) is 6.60. The highest BCUT2D eigenvalue weighted by Gasteiger charge is 2.29. The second-order valence-electron chi connectivity index (χ2n) is 5.61. The predicted molar refractivity (Wildman–Crippen MR) is 76.1 cm³/mol. The summed E-state index contributed by atoms with van der Waals surface area (Å²) in [7, 11) is 0. The third-order valence-electron chi connectivity index (χ3n) is 3.90. The molecule has 2 aliphatic heterocycles. The van der Waals surface area contributed by atoms with Gasteiger partial charge in [-0.25, -0.2) is 0 Å². The van der Waals surface area contributed by atoms with Crippen molar-refractivity contribution >= 4 is 0 Å². The molecule has 1 aromatic carbocycles. The van der Waals surface area contributed by atoms with Gasteiger partial charge in [0.1, 0.15) is 13.2 Å². The molecule has 2 aliphatic rings. The van der Waals surface area contributed by atoms with E-state index in [2.05, 4.69) is 17.9 Å². The lowest BCUT2D eigenvalue weighted by molar-refractivity contribution is -0.0142. The Balaban J connectivity index is 1.72. The van der Waals surface area contributed by atoms with Crippen molar-refractivity contribution in [2.24, 2.45) is 5.73 Å². The summed E-state index contributed by atoms with van der Waals surface area (Å²) in [5.41, 5.74) is 7.30. The van der Waals surface area contributed by atoms with Crippen molar-refractivity contribution in [2.45, 2.75) is 19.0 Å². The number of rotatable bonds is 3. The van der Waals surface area contributed by atoms with Crippen molar-refractivity contribution in [3.8, 4) is 11.5 Å². The zero-order valence-electron chi connectivity index (χ0n) is 11.9. The van der Waals surface area contributed by atoms with Crippen molar-refractivity contribution in [3.63, 3.8) is 0 Å². The minimum atomic E-state index is -0.368. The van der Waals surface area contributed by atoms with Gasteiger partial charge in [-0.15, -0.1) is 0 Å². The molecule has 0 spiro atoms. The number of nitrogens with zero attached hydrogens (tertiary/aromatic N) is 1. The molecule has 0 amide bonds. The van der Waals surface area contributed by atoms with E-state index in [1.807, 2.05) is 12.1 Å². The SMILES string of the molecule is CC(N)(Cc1ccc2c(c1)OCCO2)N1CCOCC1. The fraction of sp³-hybridized carbons (Fsp3) is 0.600. The first kappa shape index (κ1) is 13.7. The molecule has 110 valence electrons. The van der Waals surface area contributed by atoms with E-state index in [4.69, 9.17) is 19.9 Å².